The third-order valence-electron chi connectivity index (χ3n) is 6.08. The molecule has 3 rings (SSSR count). The lowest BCUT2D eigenvalue weighted by Gasteiger charge is -2.43. The zero-order valence-electron chi connectivity index (χ0n) is 16.9. The number of hydrogen-bond donors (Lipinski definition) is 0. The van der Waals surface area contributed by atoms with Crippen LogP contribution in [0.15, 0.2) is 47.4 Å². The second-order valence-electron chi connectivity index (χ2n) is 8.28. The van der Waals surface area contributed by atoms with Gasteiger partial charge in [-0.2, -0.15) is 5.26 Å². The van der Waals surface area contributed by atoms with Crippen molar-refractivity contribution in [3.63, 3.8) is 0 Å². The SMILES string of the molecule is Cc1ccc(C2(C)CSc3cc(C)ccc3C2CCCCCCC#N)cc1. The molecule has 142 valence electrons. The summed E-state index contributed by atoms with van der Waals surface area (Å²) in [7, 11) is 0. The molecule has 0 saturated carbocycles. The van der Waals surface area contributed by atoms with Crippen LogP contribution in [0.2, 0.25) is 0 Å². The Bertz CT molecular complexity index is 802. The normalized spacial score (nSPS) is 21.5. The Hall–Kier alpha value is -1.72. The van der Waals surface area contributed by atoms with Gasteiger partial charge in [0.05, 0.1) is 6.07 Å². The highest BCUT2D eigenvalue weighted by Crippen LogP contribution is 2.52. The van der Waals surface area contributed by atoms with Gasteiger partial charge >= 0.3 is 0 Å². The number of benzene rings is 2. The van der Waals surface area contributed by atoms with Crippen molar-refractivity contribution >= 4 is 11.8 Å². The van der Waals surface area contributed by atoms with Crippen LogP contribution in [0.1, 0.15) is 73.6 Å². The Labute approximate surface area is 169 Å². The predicted octanol–water partition coefficient (Wildman–Crippen LogP) is 7.31. The van der Waals surface area contributed by atoms with Gasteiger partial charge in [-0.25, -0.2) is 0 Å². The van der Waals surface area contributed by atoms with E-state index >= 15 is 0 Å². The Morgan fingerprint density at radius 2 is 1.70 bits per heavy atom. The van der Waals surface area contributed by atoms with Crippen molar-refractivity contribution in [2.75, 3.05) is 5.75 Å². The van der Waals surface area contributed by atoms with E-state index in [1.807, 2.05) is 11.8 Å². The maximum Gasteiger partial charge on any atom is 0.0621 e. The summed E-state index contributed by atoms with van der Waals surface area (Å²) in [6.45, 7) is 6.82. The number of nitrogens with zero attached hydrogens (tertiary/aromatic N) is 1. The molecular weight excluding hydrogens is 346 g/mol. The van der Waals surface area contributed by atoms with Crippen LogP contribution in [-0.2, 0) is 5.41 Å². The fourth-order valence-electron chi connectivity index (χ4n) is 4.32. The van der Waals surface area contributed by atoms with Crippen LogP contribution in [0.4, 0.5) is 0 Å². The maximum absolute atomic E-state index is 8.72. The van der Waals surface area contributed by atoms with E-state index in [1.165, 1.54) is 52.8 Å². The molecule has 2 aromatic rings. The molecule has 0 aliphatic carbocycles. The molecule has 2 aromatic carbocycles. The first-order valence-electron chi connectivity index (χ1n) is 10.2. The van der Waals surface area contributed by atoms with E-state index in [4.69, 9.17) is 5.26 Å². The van der Waals surface area contributed by atoms with Gasteiger partial charge in [0.2, 0.25) is 0 Å². The zero-order chi connectivity index (χ0) is 19.3. The first kappa shape index (κ1) is 20.0. The summed E-state index contributed by atoms with van der Waals surface area (Å²) in [5.74, 6) is 1.71. The first-order valence-corrected chi connectivity index (χ1v) is 11.2. The molecule has 0 fully saturated rings. The fourth-order valence-corrected chi connectivity index (χ4v) is 5.79. The molecule has 27 heavy (non-hydrogen) atoms. The number of fused-ring (bicyclic) bond motifs is 1. The van der Waals surface area contributed by atoms with Crippen LogP contribution >= 0.6 is 11.8 Å². The minimum Gasteiger partial charge on any atom is -0.198 e. The van der Waals surface area contributed by atoms with Crippen LogP contribution in [-0.4, -0.2) is 5.75 Å². The van der Waals surface area contributed by atoms with Crippen molar-refractivity contribution in [2.45, 2.75) is 75.5 Å². The van der Waals surface area contributed by atoms with E-state index in [1.54, 1.807) is 0 Å². The molecule has 1 aliphatic rings. The van der Waals surface area contributed by atoms with Crippen molar-refractivity contribution in [1.82, 2.24) is 0 Å². The topological polar surface area (TPSA) is 23.8 Å². The van der Waals surface area contributed by atoms with Gasteiger partial charge in [0.25, 0.3) is 0 Å². The van der Waals surface area contributed by atoms with E-state index in [0.717, 1.165) is 12.2 Å². The van der Waals surface area contributed by atoms with Gasteiger partial charge in [0.15, 0.2) is 0 Å². The van der Waals surface area contributed by atoms with E-state index in [-0.39, 0.29) is 5.41 Å². The molecule has 2 atom stereocenters. The molecule has 0 radical (unpaired) electrons. The molecule has 1 nitrogen and oxygen atoms in total. The minimum atomic E-state index is 0.174. The molecule has 0 saturated heterocycles. The maximum atomic E-state index is 8.72. The van der Waals surface area contributed by atoms with E-state index in [0.29, 0.717) is 12.3 Å². The molecule has 2 unspecified atom stereocenters. The quantitative estimate of drug-likeness (QED) is 0.472. The van der Waals surface area contributed by atoms with Crippen molar-refractivity contribution in [1.29, 1.82) is 5.26 Å². The second kappa shape index (κ2) is 8.98. The standard InChI is InChI=1S/C25H31NS/c1-19-10-13-21(14-11-19)25(3)18-27-24-17-20(2)12-15-22(24)23(25)9-7-5-4-6-8-16-26/h10-15,17,23H,4-9,18H2,1-3H3. The van der Waals surface area contributed by atoms with Crippen LogP contribution in [0.5, 0.6) is 0 Å². The average Bonchev–Trinajstić information content (AvgIpc) is 2.66. The molecular formula is C25H31NS. The molecule has 0 bridgehead atoms. The molecule has 0 spiro atoms. The number of aryl methyl sites for hydroxylation is 2. The Kier molecular flexibility index (Phi) is 6.66. The highest BCUT2D eigenvalue weighted by Gasteiger charge is 2.40. The van der Waals surface area contributed by atoms with Gasteiger partial charge in [-0.1, -0.05) is 73.7 Å². The van der Waals surface area contributed by atoms with Crippen LogP contribution in [0.3, 0.4) is 0 Å². The lowest BCUT2D eigenvalue weighted by molar-refractivity contribution is 0.373. The lowest BCUT2D eigenvalue weighted by Crippen LogP contribution is -2.36. The summed E-state index contributed by atoms with van der Waals surface area (Å²) in [6.07, 6.45) is 6.63. The van der Waals surface area contributed by atoms with Crippen molar-refractivity contribution < 1.29 is 0 Å². The number of thioether (sulfide) groups is 1. The molecule has 1 aliphatic heterocycles. The third-order valence-corrected chi connectivity index (χ3v) is 7.49. The molecule has 0 N–H and O–H groups in total. The largest absolute Gasteiger partial charge is 0.198 e. The summed E-state index contributed by atoms with van der Waals surface area (Å²) in [4.78, 5) is 1.48. The second-order valence-corrected chi connectivity index (χ2v) is 9.29. The van der Waals surface area contributed by atoms with E-state index in [2.05, 4.69) is 69.3 Å². The van der Waals surface area contributed by atoms with Gasteiger partial charge in [-0.05, 0) is 49.8 Å². The van der Waals surface area contributed by atoms with Crippen LogP contribution < -0.4 is 0 Å². The number of unbranched alkanes of at least 4 members (excludes halogenated alkanes) is 4. The predicted molar refractivity (Wildman–Crippen MR) is 116 cm³/mol. The van der Waals surface area contributed by atoms with Crippen molar-refractivity contribution in [3.05, 3.63) is 64.7 Å². The monoisotopic (exact) mass is 377 g/mol. The Morgan fingerprint density at radius 3 is 2.44 bits per heavy atom. The van der Waals surface area contributed by atoms with Gasteiger partial charge in [0.1, 0.15) is 0 Å². The number of nitriles is 1. The number of hydrogen-bond acceptors (Lipinski definition) is 2. The fraction of sp³-hybridized carbons (Fsp3) is 0.480. The van der Waals surface area contributed by atoms with E-state index in [9.17, 15) is 0 Å². The van der Waals surface area contributed by atoms with Gasteiger partial charge in [-0.3, -0.25) is 0 Å². The van der Waals surface area contributed by atoms with E-state index < -0.39 is 0 Å². The van der Waals surface area contributed by atoms with Crippen molar-refractivity contribution in [2.24, 2.45) is 0 Å². The third kappa shape index (κ3) is 4.58. The van der Waals surface area contributed by atoms with Crippen molar-refractivity contribution in [3.8, 4) is 6.07 Å². The van der Waals surface area contributed by atoms with Crippen LogP contribution in [0.25, 0.3) is 0 Å². The Balaban J connectivity index is 1.84. The summed E-state index contributed by atoms with van der Waals surface area (Å²) < 4.78 is 0. The highest BCUT2D eigenvalue weighted by atomic mass is 32.2. The van der Waals surface area contributed by atoms with Gasteiger partial charge < -0.3 is 0 Å². The molecule has 0 amide bonds. The summed E-state index contributed by atoms with van der Waals surface area (Å²) in [5, 5.41) is 8.72. The van der Waals surface area contributed by atoms with Gasteiger partial charge in [0, 0.05) is 22.5 Å². The molecule has 0 aromatic heterocycles. The average molecular weight is 378 g/mol. The summed E-state index contributed by atoms with van der Waals surface area (Å²) in [6, 6.07) is 18.5. The smallest absolute Gasteiger partial charge is 0.0621 e. The lowest BCUT2D eigenvalue weighted by atomic mass is 9.67. The first-order chi connectivity index (χ1) is 13.0. The van der Waals surface area contributed by atoms with Gasteiger partial charge in [-0.15, -0.1) is 11.8 Å². The number of rotatable bonds is 7. The minimum absolute atomic E-state index is 0.174. The summed E-state index contributed by atoms with van der Waals surface area (Å²) >= 11 is 2.03. The highest BCUT2D eigenvalue weighted by molar-refractivity contribution is 7.99. The zero-order valence-corrected chi connectivity index (χ0v) is 17.7. The molecule has 1 heterocycles. The summed E-state index contributed by atoms with van der Waals surface area (Å²) in [5.41, 5.74) is 5.87. The van der Waals surface area contributed by atoms with Crippen LogP contribution in [0, 0.1) is 25.2 Å². The molecule has 2 heteroatoms. The Morgan fingerprint density at radius 1 is 1.00 bits per heavy atom.